The average molecular weight is 473 g/mol. The Bertz CT molecular complexity index is 1180. The van der Waals surface area contributed by atoms with Crippen molar-refractivity contribution in [1.29, 1.82) is 0 Å². The lowest BCUT2D eigenvalue weighted by atomic mass is 9.79. The fourth-order valence-corrected chi connectivity index (χ4v) is 5.00. The van der Waals surface area contributed by atoms with Crippen molar-refractivity contribution >= 4 is 12.2 Å². The predicted octanol–water partition coefficient (Wildman–Crippen LogP) is 4.85. The number of ether oxygens (including phenoxy) is 3. The quantitative estimate of drug-likeness (QED) is 0.449. The Kier molecular flexibility index (Phi) is 6.75. The molecule has 0 amide bonds. The molecular formula is C29H32N2O4. The summed E-state index contributed by atoms with van der Waals surface area (Å²) in [6.07, 6.45) is 1.13. The number of hydrogen-bond donors (Lipinski definition) is 1. The van der Waals surface area contributed by atoms with E-state index in [1.165, 1.54) is 5.69 Å². The molecule has 3 aromatic carbocycles. The van der Waals surface area contributed by atoms with E-state index < -0.39 is 0 Å². The molecule has 2 N–H and O–H groups in total. The lowest BCUT2D eigenvalue weighted by Crippen LogP contribution is -2.57. The Balaban J connectivity index is 1.42. The fraction of sp³-hybridized carbons (Fsp3) is 0.345. The summed E-state index contributed by atoms with van der Waals surface area (Å²) in [6.45, 7) is 6.81. The average Bonchev–Trinajstić information content (AvgIpc) is 3.36. The lowest BCUT2D eigenvalue weighted by Gasteiger charge is -2.48. The van der Waals surface area contributed by atoms with Gasteiger partial charge in [-0.05, 0) is 65.9 Å². The van der Waals surface area contributed by atoms with Crippen molar-refractivity contribution < 1.29 is 19.0 Å². The van der Waals surface area contributed by atoms with Crippen molar-refractivity contribution in [3.8, 4) is 16.9 Å². The highest BCUT2D eigenvalue weighted by atomic mass is 16.5. The van der Waals surface area contributed by atoms with Gasteiger partial charge in [0.05, 0.1) is 6.61 Å². The van der Waals surface area contributed by atoms with Crippen molar-refractivity contribution in [1.82, 2.24) is 0 Å². The van der Waals surface area contributed by atoms with E-state index in [4.69, 9.17) is 19.9 Å². The molecule has 0 radical (unpaired) electrons. The molecule has 2 fully saturated rings. The molecule has 1 atom stereocenters. The molecule has 3 aromatic rings. The zero-order chi connectivity index (χ0) is 24.3. The summed E-state index contributed by atoms with van der Waals surface area (Å²) in [5, 5.41) is 0. The fourth-order valence-electron chi connectivity index (χ4n) is 5.00. The standard InChI is InChI=1S/C29H32N2O4/c1-21(30)23-6-4-7-24(13-23)26-11-22(15-35-28-8-3-2-5-25(28)16-34-20-32)12-27(14-26)31-17-29(18-31)9-10-33-19-29/h2-8,11-14,20-21H,9-10,15-19,30H2,1H3. The van der Waals surface area contributed by atoms with E-state index >= 15 is 0 Å². The molecule has 2 heterocycles. The van der Waals surface area contributed by atoms with Gasteiger partial charge in [0.15, 0.2) is 0 Å². The number of nitrogens with two attached hydrogens (primary N) is 1. The maximum Gasteiger partial charge on any atom is 0.293 e. The zero-order valence-electron chi connectivity index (χ0n) is 20.1. The van der Waals surface area contributed by atoms with Gasteiger partial charge in [-0.15, -0.1) is 0 Å². The van der Waals surface area contributed by atoms with Gasteiger partial charge in [-0.25, -0.2) is 0 Å². The van der Waals surface area contributed by atoms with E-state index in [-0.39, 0.29) is 12.6 Å². The molecule has 1 unspecified atom stereocenters. The third-order valence-electron chi connectivity index (χ3n) is 7.00. The minimum absolute atomic E-state index is 0.0244. The van der Waals surface area contributed by atoms with Crippen molar-refractivity contribution in [2.75, 3.05) is 31.2 Å². The zero-order valence-corrected chi connectivity index (χ0v) is 20.1. The first kappa shape index (κ1) is 23.4. The molecule has 2 aliphatic rings. The monoisotopic (exact) mass is 472 g/mol. The van der Waals surface area contributed by atoms with Crippen molar-refractivity contribution in [2.24, 2.45) is 11.1 Å². The Morgan fingerprint density at radius 2 is 1.91 bits per heavy atom. The second-order valence-electron chi connectivity index (χ2n) is 9.76. The molecule has 0 aliphatic carbocycles. The van der Waals surface area contributed by atoms with E-state index in [1.54, 1.807) is 0 Å². The maximum absolute atomic E-state index is 10.7. The van der Waals surface area contributed by atoms with E-state index in [2.05, 4.69) is 47.4 Å². The summed E-state index contributed by atoms with van der Waals surface area (Å²) >= 11 is 0. The van der Waals surface area contributed by atoms with Crippen molar-refractivity contribution in [2.45, 2.75) is 32.6 Å². The lowest BCUT2D eigenvalue weighted by molar-refractivity contribution is -0.129. The number of benzene rings is 3. The van der Waals surface area contributed by atoms with E-state index in [0.717, 1.165) is 60.5 Å². The largest absolute Gasteiger partial charge is 0.488 e. The second-order valence-corrected chi connectivity index (χ2v) is 9.76. The van der Waals surface area contributed by atoms with Crippen LogP contribution in [0.25, 0.3) is 11.1 Å². The van der Waals surface area contributed by atoms with Crippen LogP contribution in [0.4, 0.5) is 5.69 Å². The number of hydrogen-bond acceptors (Lipinski definition) is 6. The van der Waals surface area contributed by atoms with Crippen molar-refractivity contribution in [3.05, 3.63) is 83.4 Å². The SMILES string of the molecule is CC(N)c1cccc(-c2cc(COc3ccccc3COC=O)cc(N3CC4(CCOC4)C3)c2)c1. The molecule has 0 aromatic heterocycles. The normalized spacial score (nSPS) is 17.1. The molecule has 6 nitrogen and oxygen atoms in total. The molecule has 35 heavy (non-hydrogen) atoms. The first-order valence-corrected chi connectivity index (χ1v) is 12.1. The highest BCUT2D eigenvalue weighted by molar-refractivity contribution is 5.71. The van der Waals surface area contributed by atoms with E-state index in [9.17, 15) is 4.79 Å². The first-order chi connectivity index (χ1) is 17.0. The van der Waals surface area contributed by atoms with Gasteiger partial charge in [0.25, 0.3) is 6.47 Å². The molecule has 1 spiro atoms. The van der Waals surface area contributed by atoms with Gasteiger partial charge in [0.1, 0.15) is 19.0 Å². The van der Waals surface area contributed by atoms with Crippen LogP contribution in [0.3, 0.4) is 0 Å². The van der Waals surface area contributed by atoms with Crippen LogP contribution in [0.15, 0.2) is 66.7 Å². The van der Waals surface area contributed by atoms with Gasteiger partial charge < -0.3 is 24.8 Å². The van der Waals surface area contributed by atoms with Gasteiger partial charge in [-0.1, -0.05) is 36.4 Å². The van der Waals surface area contributed by atoms with Gasteiger partial charge in [0, 0.05) is 42.4 Å². The molecule has 0 saturated carbocycles. The summed E-state index contributed by atoms with van der Waals surface area (Å²) in [7, 11) is 0. The minimum Gasteiger partial charge on any atom is -0.488 e. The van der Waals surface area contributed by atoms with Crippen LogP contribution in [0.2, 0.25) is 0 Å². The molecule has 5 rings (SSSR count). The number of carbonyl (C=O) groups is 1. The molecule has 2 aliphatic heterocycles. The van der Waals surface area contributed by atoms with Crippen LogP contribution >= 0.6 is 0 Å². The van der Waals surface area contributed by atoms with Crippen LogP contribution in [0.1, 0.15) is 36.1 Å². The Morgan fingerprint density at radius 3 is 2.69 bits per heavy atom. The van der Waals surface area contributed by atoms with Crippen LogP contribution in [-0.4, -0.2) is 32.8 Å². The first-order valence-electron chi connectivity index (χ1n) is 12.1. The van der Waals surface area contributed by atoms with Crippen LogP contribution in [0, 0.1) is 5.41 Å². The summed E-state index contributed by atoms with van der Waals surface area (Å²) in [6, 6.07) is 22.7. The third-order valence-corrected chi connectivity index (χ3v) is 7.00. The molecule has 2 saturated heterocycles. The van der Waals surface area contributed by atoms with E-state index in [1.807, 2.05) is 31.2 Å². The van der Waals surface area contributed by atoms with E-state index in [0.29, 0.717) is 24.2 Å². The summed E-state index contributed by atoms with van der Waals surface area (Å²) in [5.74, 6) is 0.714. The van der Waals surface area contributed by atoms with Crippen LogP contribution in [-0.2, 0) is 27.5 Å². The van der Waals surface area contributed by atoms with Gasteiger partial charge >= 0.3 is 0 Å². The molecule has 0 bridgehead atoms. The number of para-hydroxylation sites is 1. The van der Waals surface area contributed by atoms with Crippen molar-refractivity contribution in [3.63, 3.8) is 0 Å². The highest BCUT2D eigenvalue weighted by Crippen LogP contribution is 2.42. The smallest absolute Gasteiger partial charge is 0.293 e. The Morgan fingerprint density at radius 1 is 1.06 bits per heavy atom. The number of nitrogens with zero attached hydrogens (tertiary/aromatic N) is 1. The number of rotatable bonds is 9. The summed E-state index contributed by atoms with van der Waals surface area (Å²) < 4.78 is 16.8. The maximum atomic E-state index is 10.7. The number of carbonyl (C=O) groups excluding carboxylic acids is 1. The number of anilines is 1. The Labute approximate surface area is 206 Å². The van der Waals surface area contributed by atoms with Gasteiger partial charge in [-0.3, -0.25) is 4.79 Å². The van der Waals surface area contributed by atoms with Crippen LogP contribution in [0.5, 0.6) is 5.75 Å². The Hall–Kier alpha value is -3.35. The molecular weight excluding hydrogens is 440 g/mol. The molecule has 182 valence electrons. The van der Waals surface area contributed by atoms with Crippen LogP contribution < -0.4 is 15.4 Å². The summed E-state index contributed by atoms with van der Waals surface area (Å²) in [4.78, 5) is 13.1. The predicted molar refractivity (Wildman–Crippen MR) is 136 cm³/mol. The molecule has 6 heteroatoms. The summed E-state index contributed by atoms with van der Waals surface area (Å²) in [5.41, 5.74) is 13.0. The van der Waals surface area contributed by atoms with Gasteiger partial charge in [-0.2, -0.15) is 0 Å². The minimum atomic E-state index is -0.0244. The van der Waals surface area contributed by atoms with Gasteiger partial charge in [0.2, 0.25) is 0 Å². The third kappa shape index (κ3) is 5.19. The second kappa shape index (κ2) is 10.1. The topological polar surface area (TPSA) is 74.0 Å². The highest BCUT2D eigenvalue weighted by Gasteiger charge is 2.45.